The van der Waals surface area contributed by atoms with Crippen molar-refractivity contribution >= 4 is 5.78 Å². The third kappa shape index (κ3) is 15.3. The van der Waals surface area contributed by atoms with Crippen molar-refractivity contribution in [3.63, 3.8) is 0 Å². The number of ketones is 1. The number of hydrogen-bond donors (Lipinski definition) is 0. The highest BCUT2D eigenvalue weighted by molar-refractivity contribution is 5.74. The molecule has 10 saturated carbocycles. The molecule has 0 saturated heterocycles. The number of carbonyl (C=O) groups excluding carboxylic acids is 1. The molecule has 4 atom stereocenters. The number of Topliss-reactive ketones (excluding diaryl/α,β-unsaturated/α-hetero) is 1. The second-order valence-electron chi connectivity index (χ2n) is 41.7. The molecule has 0 aromatic heterocycles. The molecule has 11 aliphatic rings. The monoisotopic (exact) mass is 1160 g/mol. The largest absolute Gasteiger partial charge is 0.300 e. The quantitative estimate of drug-likeness (QED) is 0.239. The molecule has 0 aromatic carbocycles. The molecule has 6 bridgehead atoms. The zero-order valence-corrected chi connectivity index (χ0v) is 64.8. The molecular formula is C82H158O. The smallest absolute Gasteiger partial charge is 0.129 e. The first-order chi connectivity index (χ1) is 36.5. The van der Waals surface area contributed by atoms with E-state index >= 15 is 0 Å². The molecule has 1 nitrogen and oxygen atoms in total. The molecule has 0 N–H and O–H groups in total. The standard InChI is InChI=1S/C20H36.C12H20.C10H20.2C9H18.C8H14.2C5H12.C4H8O/c1-13(2)14(3,4)18(10)15(5,6)17(13,9)19(11)16(7,8)20(18,19)12;1-12(2)10-4-8-3-9(6-10)7-11(12)5-8;1-9(2)7-5-6-8-10(9,3)4;2*1-8(2)6-5-7-9(8,3)4;1-8(2)6-4-3-5-7-8;2*1-5(2,3)4;1-3-4(2)5/h1-12H3;8-11H,3-7H2,1-2H3;5-8H2,1-4H3;2*5-7H2,1-4H3;4,6H,3,5,7H2,1-2H3;2*1-4H3;3H2,1-2H3. The van der Waals surface area contributed by atoms with Crippen molar-refractivity contribution in [2.24, 2.45) is 121 Å². The number of rotatable bonds is 1. The van der Waals surface area contributed by atoms with Crippen LogP contribution in [0.1, 0.15) is 385 Å². The van der Waals surface area contributed by atoms with E-state index in [4.69, 9.17) is 0 Å². The van der Waals surface area contributed by atoms with Gasteiger partial charge < -0.3 is 4.79 Å². The molecule has 0 spiro atoms. The molecule has 0 amide bonds. The van der Waals surface area contributed by atoms with Crippen LogP contribution in [-0.2, 0) is 4.79 Å². The fraction of sp³-hybridized carbons (Fsp3) is 0.963. The van der Waals surface area contributed by atoms with Crippen LogP contribution in [0.15, 0.2) is 12.2 Å². The first-order valence-corrected chi connectivity index (χ1v) is 35.7. The van der Waals surface area contributed by atoms with Gasteiger partial charge in [0.05, 0.1) is 0 Å². The molecule has 4 unspecified atom stereocenters. The highest BCUT2D eigenvalue weighted by Gasteiger charge is 3.03. The first-order valence-electron chi connectivity index (χ1n) is 35.7. The minimum absolute atomic E-state index is 0.255. The molecule has 0 aromatic rings. The lowest BCUT2D eigenvalue weighted by Gasteiger charge is -2.59. The summed E-state index contributed by atoms with van der Waals surface area (Å²) in [5.41, 5.74) is 8.81. The van der Waals surface area contributed by atoms with E-state index in [0.717, 1.165) is 23.7 Å². The second kappa shape index (κ2) is 25.6. The second-order valence-corrected chi connectivity index (χ2v) is 41.7. The van der Waals surface area contributed by atoms with Crippen LogP contribution < -0.4 is 0 Å². The fourth-order valence-corrected chi connectivity index (χ4v) is 20.1. The van der Waals surface area contributed by atoms with E-state index in [9.17, 15) is 4.79 Å². The van der Waals surface area contributed by atoms with E-state index in [2.05, 4.69) is 261 Å². The molecule has 0 heterocycles. The lowest BCUT2D eigenvalue weighted by Crippen LogP contribution is -2.53. The summed E-state index contributed by atoms with van der Waals surface area (Å²) in [6.07, 6.45) is 31.4. The van der Waals surface area contributed by atoms with E-state index in [1.807, 2.05) is 6.92 Å². The number of hydrogen-bond acceptors (Lipinski definition) is 1. The molecular weight excluding hydrogens is 1000 g/mol. The van der Waals surface area contributed by atoms with Gasteiger partial charge in [-0.15, -0.1) is 0 Å². The van der Waals surface area contributed by atoms with Crippen molar-refractivity contribution in [2.45, 2.75) is 385 Å². The Labute approximate surface area is 526 Å². The van der Waals surface area contributed by atoms with Gasteiger partial charge in [-0.2, -0.15) is 0 Å². The Bertz CT molecular complexity index is 1930. The van der Waals surface area contributed by atoms with E-state index in [1.165, 1.54) is 83.5 Å². The van der Waals surface area contributed by atoms with Crippen LogP contribution in [-0.4, -0.2) is 5.78 Å². The van der Waals surface area contributed by atoms with Crippen molar-refractivity contribution in [3.8, 4) is 0 Å². The maximum atomic E-state index is 9.81. The van der Waals surface area contributed by atoms with Gasteiger partial charge in [-0.3, -0.25) is 0 Å². The van der Waals surface area contributed by atoms with Crippen molar-refractivity contribution in [1.82, 2.24) is 0 Å². The predicted octanol–water partition coefficient (Wildman–Crippen LogP) is 27.5. The van der Waals surface area contributed by atoms with Crippen molar-refractivity contribution in [2.75, 3.05) is 0 Å². The average Bonchev–Trinajstić information content (AvgIpc) is 3.48. The van der Waals surface area contributed by atoms with E-state index in [1.54, 1.807) is 39.0 Å². The van der Waals surface area contributed by atoms with Gasteiger partial charge in [0.1, 0.15) is 5.78 Å². The van der Waals surface area contributed by atoms with Gasteiger partial charge in [0.25, 0.3) is 0 Å². The molecule has 1 heteroatoms. The normalized spacial score (nSPS) is 36.8. The van der Waals surface area contributed by atoms with Crippen molar-refractivity contribution in [1.29, 1.82) is 0 Å². The molecule has 11 rings (SSSR count). The van der Waals surface area contributed by atoms with Crippen LogP contribution >= 0.6 is 0 Å². The maximum absolute atomic E-state index is 9.81. The van der Waals surface area contributed by atoms with E-state index < -0.39 is 0 Å². The minimum Gasteiger partial charge on any atom is -0.300 e. The summed E-state index contributed by atoms with van der Waals surface area (Å²) in [6.45, 7) is 90.2. The summed E-state index contributed by atoms with van der Waals surface area (Å²) in [6, 6.07) is 0. The lowest BCUT2D eigenvalue weighted by molar-refractivity contribution is -0.116. The van der Waals surface area contributed by atoms with Crippen LogP contribution in [0.5, 0.6) is 0 Å². The summed E-state index contributed by atoms with van der Waals surface area (Å²) >= 11 is 0. The van der Waals surface area contributed by atoms with Crippen LogP contribution in [0, 0.1) is 121 Å². The molecule has 83 heavy (non-hydrogen) atoms. The Morgan fingerprint density at radius 2 is 0.602 bits per heavy atom. The predicted molar refractivity (Wildman–Crippen MR) is 375 cm³/mol. The highest BCUT2D eigenvalue weighted by Crippen LogP contribution is 3.07. The molecule has 0 aliphatic heterocycles. The highest BCUT2D eigenvalue weighted by atomic mass is 16.1. The molecule has 0 radical (unpaired) electrons. The Morgan fingerprint density at radius 3 is 0.783 bits per heavy atom. The van der Waals surface area contributed by atoms with Gasteiger partial charge in [0.15, 0.2) is 0 Å². The van der Waals surface area contributed by atoms with Gasteiger partial charge in [0, 0.05) is 6.42 Å². The summed E-state index contributed by atoms with van der Waals surface area (Å²) in [5, 5.41) is 0. The summed E-state index contributed by atoms with van der Waals surface area (Å²) in [7, 11) is 0. The Hall–Kier alpha value is -0.590. The first kappa shape index (κ1) is 78.5. The van der Waals surface area contributed by atoms with Crippen LogP contribution in [0.25, 0.3) is 0 Å². The summed E-state index contributed by atoms with van der Waals surface area (Å²) in [5.74, 6) is 4.72. The SMILES string of the molecule is CC(C)(C)C.CC(C)(C)C.CC1(C)C(C)(C)C2(C)C(C)(C)C1(C)C1(C)C(C)(C)C21C.CC1(C)C2CC3CC(C2)CC1C3.CC1(C)C=CCCC1.CC1(C)CCCC1(C)C.CC1(C)CCCC1(C)C.CC1(C)CCCCC1(C)C.CCC(C)=O. The maximum Gasteiger partial charge on any atom is 0.129 e. The summed E-state index contributed by atoms with van der Waals surface area (Å²) < 4.78 is 0. The van der Waals surface area contributed by atoms with Gasteiger partial charge >= 0.3 is 0 Å². The van der Waals surface area contributed by atoms with Gasteiger partial charge in [0.2, 0.25) is 0 Å². The number of allylic oxidation sites excluding steroid dienone is 2. The lowest BCUT2D eigenvalue weighted by atomic mass is 9.46. The zero-order chi connectivity index (χ0) is 65.7. The number of carbonyl (C=O) groups is 1. The molecule has 10 fully saturated rings. The van der Waals surface area contributed by atoms with E-state index in [-0.39, 0.29) is 5.78 Å². The van der Waals surface area contributed by atoms with Crippen LogP contribution in [0.4, 0.5) is 0 Å². The Balaban J connectivity index is 0.000000332. The number of fused-ring (bicyclic) bond motifs is 5. The van der Waals surface area contributed by atoms with E-state index in [0.29, 0.717) is 104 Å². The Morgan fingerprint density at radius 1 is 0.361 bits per heavy atom. The van der Waals surface area contributed by atoms with Crippen LogP contribution in [0.3, 0.4) is 0 Å². The van der Waals surface area contributed by atoms with Gasteiger partial charge in [-0.05, 0) is 218 Å². The topological polar surface area (TPSA) is 17.1 Å². The molecule has 492 valence electrons. The zero-order valence-electron chi connectivity index (χ0n) is 64.8. The fourth-order valence-electron chi connectivity index (χ4n) is 20.1. The van der Waals surface area contributed by atoms with Gasteiger partial charge in [-0.1, -0.05) is 294 Å². The Kier molecular flexibility index (Phi) is 24.2. The van der Waals surface area contributed by atoms with Crippen molar-refractivity contribution < 1.29 is 4.79 Å². The summed E-state index contributed by atoms with van der Waals surface area (Å²) in [4.78, 5) is 9.81. The van der Waals surface area contributed by atoms with Gasteiger partial charge in [-0.25, -0.2) is 0 Å². The third-order valence-electron chi connectivity index (χ3n) is 30.1. The minimum atomic E-state index is 0.255. The van der Waals surface area contributed by atoms with Crippen molar-refractivity contribution in [3.05, 3.63) is 12.2 Å². The average molecular weight is 1160 g/mol. The van der Waals surface area contributed by atoms with Crippen LogP contribution in [0.2, 0.25) is 0 Å². The molecule has 11 aliphatic carbocycles. The third-order valence-corrected chi connectivity index (χ3v) is 30.1.